The summed E-state index contributed by atoms with van der Waals surface area (Å²) in [6.07, 6.45) is 1.30. The Labute approximate surface area is 171 Å². The number of nitrogens with zero attached hydrogens (tertiary/aromatic N) is 2. The van der Waals surface area contributed by atoms with Crippen molar-refractivity contribution in [3.05, 3.63) is 69.2 Å². The molecule has 27 heavy (non-hydrogen) atoms. The number of hydrogen-bond acceptors (Lipinski definition) is 4. The van der Waals surface area contributed by atoms with E-state index in [1.807, 2.05) is 13.0 Å². The smallest absolute Gasteiger partial charge is 0.258 e. The summed E-state index contributed by atoms with van der Waals surface area (Å²) >= 11 is 9.77. The van der Waals surface area contributed by atoms with Gasteiger partial charge in [-0.3, -0.25) is 10.1 Å². The van der Waals surface area contributed by atoms with Gasteiger partial charge in [-0.1, -0.05) is 52.7 Å². The van der Waals surface area contributed by atoms with Gasteiger partial charge in [0.25, 0.3) is 5.69 Å². The van der Waals surface area contributed by atoms with Crippen LogP contribution in [0.3, 0.4) is 0 Å². The van der Waals surface area contributed by atoms with Crippen LogP contribution in [0.25, 0.3) is 0 Å². The summed E-state index contributed by atoms with van der Waals surface area (Å²) in [7, 11) is -3.95. The Morgan fingerprint density at radius 2 is 1.96 bits per heavy atom. The van der Waals surface area contributed by atoms with Crippen LogP contribution in [-0.4, -0.2) is 29.0 Å². The zero-order valence-corrected chi connectivity index (χ0v) is 17.7. The molecule has 6 nitrogen and oxygen atoms in total. The summed E-state index contributed by atoms with van der Waals surface area (Å²) in [6.45, 7) is 2.23. The van der Waals surface area contributed by atoms with E-state index in [1.54, 1.807) is 18.2 Å². The number of alkyl halides is 1. The van der Waals surface area contributed by atoms with Crippen LogP contribution in [0.15, 0.2) is 53.4 Å². The number of sulfonamides is 1. The summed E-state index contributed by atoms with van der Waals surface area (Å²) in [6, 6.07) is 12.3. The van der Waals surface area contributed by atoms with Crippen LogP contribution in [0.2, 0.25) is 5.02 Å². The van der Waals surface area contributed by atoms with E-state index in [1.165, 1.54) is 22.5 Å². The predicted octanol–water partition coefficient (Wildman–Crippen LogP) is 4.71. The molecule has 1 heterocycles. The minimum Gasteiger partial charge on any atom is -0.258 e. The molecule has 0 radical (unpaired) electrons. The number of halogens is 2. The molecule has 2 aromatic rings. The maximum Gasteiger partial charge on any atom is 0.270 e. The molecule has 1 saturated heterocycles. The molecule has 2 aromatic carbocycles. The summed E-state index contributed by atoms with van der Waals surface area (Å²) < 4.78 is 28.3. The lowest BCUT2D eigenvalue weighted by molar-refractivity contribution is -0.385. The molecule has 0 N–H and O–H groups in total. The SMILES string of the molecule is C[C@H](Br)[C@@]1(c2cccc(Cl)c2)CCCN1S(=O)(=O)c1cccc([N+](=O)[O-])c1. The minimum atomic E-state index is -3.95. The molecule has 0 bridgehead atoms. The third-order valence-electron chi connectivity index (χ3n) is 4.96. The normalized spacial score (nSPS) is 21.9. The van der Waals surface area contributed by atoms with E-state index in [0.717, 1.165) is 11.6 Å². The van der Waals surface area contributed by atoms with Crippen molar-refractivity contribution in [1.29, 1.82) is 0 Å². The molecule has 1 aliphatic heterocycles. The summed E-state index contributed by atoms with van der Waals surface area (Å²) in [5, 5.41) is 11.6. The highest BCUT2D eigenvalue weighted by Crippen LogP contribution is 2.47. The largest absolute Gasteiger partial charge is 0.270 e. The highest BCUT2D eigenvalue weighted by molar-refractivity contribution is 9.09. The maximum atomic E-state index is 13.4. The van der Waals surface area contributed by atoms with E-state index in [9.17, 15) is 18.5 Å². The van der Waals surface area contributed by atoms with Crippen molar-refractivity contribution in [3.63, 3.8) is 0 Å². The molecule has 3 rings (SSSR count). The zero-order chi connectivity index (χ0) is 19.8. The monoisotopic (exact) mass is 472 g/mol. The van der Waals surface area contributed by atoms with E-state index in [-0.39, 0.29) is 15.4 Å². The lowest BCUT2D eigenvalue weighted by atomic mass is 9.86. The third-order valence-corrected chi connectivity index (χ3v) is 7.89. The van der Waals surface area contributed by atoms with Crippen LogP contribution >= 0.6 is 27.5 Å². The van der Waals surface area contributed by atoms with Gasteiger partial charge in [-0.15, -0.1) is 0 Å². The van der Waals surface area contributed by atoms with E-state index >= 15 is 0 Å². The van der Waals surface area contributed by atoms with Crippen molar-refractivity contribution in [1.82, 2.24) is 4.31 Å². The first-order valence-corrected chi connectivity index (χ1v) is 11.1. The van der Waals surface area contributed by atoms with Crippen LogP contribution in [0.1, 0.15) is 25.3 Å². The molecule has 2 atom stereocenters. The van der Waals surface area contributed by atoms with Crippen molar-refractivity contribution >= 4 is 43.2 Å². The molecule has 1 aliphatic rings. The summed E-state index contributed by atoms with van der Waals surface area (Å²) in [5.74, 6) is 0. The average Bonchev–Trinajstić information content (AvgIpc) is 3.09. The van der Waals surface area contributed by atoms with Gasteiger partial charge in [0.2, 0.25) is 10.0 Å². The van der Waals surface area contributed by atoms with E-state index in [0.29, 0.717) is 24.4 Å². The van der Waals surface area contributed by atoms with Crippen LogP contribution < -0.4 is 0 Å². The number of nitro groups is 1. The highest BCUT2D eigenvalue weighted by Gasteiger charge is 2.51. The van der Waals surface area contributed by atoms with Crippen molar-refractivity contribution < 1.29 is 13.3 Å². The third kappa shape index (κ3) is 3.51. The van der Waals surface area contributed by atoms with Crippen LogP contribution in [-0.2, 0) is 15.6 Å². The Balaban J connectivity index is 2.16. The Morgan fingerprint density at radius 1 is 1.26 bits per heavy atom. The van der Waals surface area contributed by atoms with Gasteiger partial charge in [-0.2, -0.15) is 4.31 Å². The Hall–Kier alpha value is -1.48. The quantitative estimate of drug-likeness (QED) is 0.358. The van der Waals surface area contributed by atoms with Crippen LogP contribution in [0.4, 0.5) is 5.69 Å². The maximum absolute atomic E-state index is 13.4. The summed E-state index contributed by atoms with van der Waals surface area (Å²) in [4.78, 5) is 10.2. The first kappa shape index (κ1) is 20.3. The van der Waals surface area contributed by atoms with E-state index in [4.69, 9.17) is 11.6 Å². The van der Waals surface area contributed by atoms with Gasteiger partial charge in [0.15, 0.2) is 0 Å². The molecule has 144 valence electrons. The van der Waals surface area contributed by atoms with Crippen LogP contribution in [0.5, 0.6) is 0 Å². The van der Waals surface area contributed by atoms with Gasteiger partial charge in [-0.05, 0) is 36.6 Å². The fourth-order valence-corrected chi connectivity index (χ4v) is 6.70. The second-order valence-corrected chi connectivity index (χ2v) is 10.2. The molecule has 9 heteroatoms. The Morgan fingerprint density at radius 3 is 2.59 bits per heavy atom. The number of benzene rings is 2. The molecule has 0 amide bonds. The second kappa shape index (κ2) is 7.50. The molecule has 1 fully saturated rings. The number of hydrogen-bond donors (Lipinski definition) is 0. The first-order chi connectivity index (χ1) is 12.7. The van der Waals surface area contributed by atoms with Gasteiger partial charge >= 0.3 is 0 Å². The molecule has 0 saturated carbocycles. The van der Waals surface area contributed by atoms with E-state index in [2.05, 4.69) is 15.9 Å². The van der Waals surface area contributed by atoms with Gasteiger partial charge in [0.05, 0.1) is 15.4 Å². The second-order valence-electron chi connectivity index (χ2n) is 6.49. The van der Waals surface area contributed by atoms with Crippen molar-refractivity contribution in [2.75, 3.05) is 6.54 Å². The Kier molecular flexibility index (Phi) is 5.63. The highest BCUT2D eigenvalue weighted by atomic mass is 79.9. The molecular formula is C18H18BrClN2O4S. The zero-order valence-electron chi connectivity index (χ0n) is 14.5. The molecule has 0 aromatic heterocycles. The standard InChI is InChI=1S/C18H18BrClN2O4S/c1-13(19)18(14-5-2-6-15(20)11-14)9-4-10-21(18)27(25,26)17-8-3-7-16(12-17)22(23)24/h2-3,5-8,11-13H,4,9-10H2,1H3/t13-,18+/m0/s1. The lowest BCUT2D eigenvalue weighted by Crippen LogP contribution is -2.49. The number of nitro benzene ring substituents is 1. The van der Waals surface area contributed by atoms with Crippen LogP contribution in [0, 0.1) is 10.1 Å². The molecular weight excluding hydrogens is 456 g/mol. The molecule has 0 aliphatic carbocycles. The predicted molar refractivity (Wildman–Crippen MR) is 108 cm³/mol. The first-order valence-electron chi connectivity index (χ1n) is 8.37. The lowest BCUT2D eigenvalue weighted by Gasteiger charge is -2.40. The van der Waals surface area contributed by atoms with Crippen molar-refractivity contribution in [3.8, 4) is 0 Å². The average molecular weight is 474 g/mol. The number of rotatable bonds is 5. The summed E-state index contributed by atoms with van der Waals surface area (Å²) in [5.41, 5.74) is -0.282. The van der Waals surface area contributed by atoms with Gasteiger partial charge in [0.1, 0.15) is 0 Å². The van der Waals surface area contributed by atoms with E-state index < -0.39 is 20.5 Å². The van der Waals surface area contributed by atoms with Gasteiger partial charge in [-0.25, -0.2) is 8.42 Å². The minimum absolute atomic E-state index is 0.0850. The topological polar surface area (TPSA) is 80.5 Å². The van der Waals surface area contributed by atoms with Gasteiger partial charge < -0.3 is 0 Å². The molecule has 0 unspecified atom stereocenters. The fraction of sp³-hybridized carbons (Fsp3) is 0.333. The van der Waals surface area contributed by atoms with Crippen molar-refractivity contribution in [2.24, 2.45) is 0 Å². The number of non-ortho nitro benzene ring substituents is 1. The molecule has 0 spiro atoms. The van der Waals surface area contributed by atoms with Crippen molar-refractivity contribution in [2.45, 2.75) is 35.0 Å². The Bertz CT molecular complexity index is 983. The van der Waals surface area contributed by atoms with Gasteiger partial charge in [0, 0.05) is 28.5 Å². The fourth-order valence-electron chi connectivity index (χ4n) is 3.71.